The van der Waals surface area contributed by atoms with Gasteiger partial charge in [-0.2, -0.15) is 0 Å². The Kier molecular flexibility index (Phi) is 4.08. The van der Waals surface area contributed by atoms with Gasteiger partial charge in [-0.05, 0) is 39.8 Å². The van der Waals surface area contributed by atoms with Gasteiger partial charge in [0.05, 0.1) is 0 Å². The number of nitrogens with one attached hydrogen (secondary N) is 1. The highest BCUT2D eigenvalue weighted by molar-refractivity contribution is 5.29. The van der Waals surface area contributed by atoms with Crippen LogP contribution in [-0.4, -0.2) is 13.0 Å². The van der Waals surface area contributed by atoms with E-state index in [4.69, 9.17) is 4.42 Å². The third-order valence-electron chi connectivity index (χ3n) is 2.78. The lowest BCUT2D eigenvalue weighted by Crippen LogP contribution is -2.46. The van der Waals surface area contributed by atoms with Crippen LogP contribution in [0.1, 0.15) is 37.4 Å². The highest BCUT2D eigenvalue weighted by Gasteiger charge is 2.38. The first-order valence-corrected chi connectivity index (χ1v) is 5.52. The van der Waals surface area contributed by atoms with Crippen molar-refractivity contribution < 1.29 is 13.2 Å². The Balaban J connectivity index is 3.05. The summed E-state index contributed by atoms with van der Waals surface area (Å²) in [6, 6.07) is 1.68. The van der Waals surface area contributed by atoms with E-state index in [1.54, 1.807) is 19.9 Å². The fourth-order valence-electron chi connectivity index (χ4n) is 1.82. The maximum atomic E-state index is 13.2. The van der Waals surface area contributed by atoms with Gasteiger partial charge >= 0.3 is 0 Å². The molecule has 0 amide bonds. The largest absolute Gasteiger partial charge is 0.466 e. The van der Waals surface area contributed by atoms with Gasteiger partial charge in [0.2, 0.25) is 0 Å². The normalized spacial score (nSPS) is 15.4. The van der Waals surface area contributed by atoms with Crippen LogP contribution in [0.25, 0.3) is 0 Å². The Morgan fingerprint density at radius 3 is 2.44 bits per heavy atom. The molecule has 1 heterocycles. The first-order chi connectivity index (χ1) is 7.41. The molecule has 1 atom stereocenters. The summed E-state index contributed by atoms with van der Waals surface area (Å²) in [7, 11) is 0. The maximum absolute atomic E-state index is 13.2. The Morgan fingerprint density at radius 2 is 2.06 bits per heavy atom. The van der Waals surface area contributed by atoms with Crippen molar-refractivity contribution in [3.05, 3.63) is 23.2 Å². The molecule has 0 aliphatic heterocycles. The molecule has 0 radical (unpaired) electrons. The topological polar surface area (TPSA) is 25.2 Å². The van der Waals surface area contributed by atoms with Crippen LogP contribution in [-0.2, 0) is 5.54 Å². The number of hydrogen-bond donors (Lipinski definition) is 1. The summed E-state index contributed by atoms with van der Waals surface area (Å²) in [5.41, 5.74) is -0.772. The van der Waals surface area contributed by atoms with Crippen molar-refractivity contribution in [2.45, 2.75) is 46.1 Å². The summed E-state index contributed by atoms with van der Waals surface area (Å²) in [6.45, 7) is 7.51. The molecule has 1 rings (SSSR count). The first kappa shape index (κ1) is 13.2. The molecule has 0 aliphatic rings. The van der Waals surface area contributed by atoms with Crippen molar-refractivity contribution in [3.63, 3.8) is 0 Å². The van der Waals surface area contributed by atoms with Crippen LogP contribution in [0.2, 0.25) is 0 Å². The summed E-state index contributed by atoms with van der Waals surface area (Å²) in [4.78, 5) is 0. The van der Waals surface area contributed by atoms with Crippen molar-refractivity contribution in [2.24, 2.45) is 0 Å². The van der Waals surface area contributed by atoms with E-state index < -0.39 is 12.0 Å². The van der Waals surface area contributed by atoms with E-state index in [1.165, 1.54) is 6.92 Å². The smallest absolute Gasteiger partial charge is 0.260 e. The van der Waals surface area contributed by atoms with Crippen molar-refractivity contribution in [1.29, 1.82) is 0 Å². The minimum absolute atomic E-state index is 0.549. The third kappa shape index (κ3) is 2.43. The molecular weight excluding hydrogens is 212 g/mol. The Bertz CT molecular complexity index is 349. The second-order valence-corrected chi connectivity index (χ2v) is 4.26. The van der Waals surface area contributed by atoms with E-state index >= 15 is 0 Å². The van der Waals surface area contributed by atoms with E-state index in [0.717, 1.165) is 6.42 Å². The molecule has 1 unspecified atom stereocenters. The average Bonchev–Trinajstić information content (AvgIpc) is 2.54. The molecule has 1 N–H and O–H groups in total. The Labute approximate surface area is 95.0 Å². The fraction of sp³-hybridized carbons (Fsp3) is 0.667. The Morgan fingerprint density at radius 1 is 1.44 bits per heavy atom. The van der Waals surface area contributed by atoms with Crippen molar-refractivity contribution in [2.75, 3.05) is 6.54 Å². The predicted molar refractivity (Wildman–Crippen MR) is 59.8 cm³/mol. The van der Waals surface area contributed by atoms with Crippen LogP contribution >= 0.6 is 0 Å². The van der Waals surface area contributed by atoms with Gasteiger partial charge in [0.15, 0.2) is 0 Å². The fourth-order valence-corrected chi connectivity index (χ4v) is 1.82. The minimum Gasteiger partial charge on any atom is -0.466 e. The average molecular weight is 231 g/mol. The molecule has 0 saturated heterocycles. The van der Waals surface area contributed by atoms with E-state index in [-0.39, 0.29) is 0 Å². The third-order valence-corrected chi connectivity index (χ3v) is 2.78. The molecule has 0 aliphatic carbocycles. The monoisotopic (exact) mass is 231 g/mol. The molecule has 2 nitrogen and oxygen atoms in total. The molecule has 0 saturated carbocycles. The number of rotatable bonds is 5. The van der Waals surface area contributed by atoms with Gasteiger partial charge in [-0.15, -0.1) is 0 Å². The zero-order valence-electron chi connectivity index (χ0n) is 10.2. The zero-order valence-corrected chi connectivity index (χ0v) is 10.2. The summed E-state index contributed by atoms with van der Waals surface area (Å²) >= 11 is 0. The van der Waals surface area contributed by atoms with E-state index in [2.05, 4.69) is 5.32 Å². The standard InChI is InChI=1S/C12H19F2NO/c1-5-6-15-12(4,11(13)14)10-7-8(2)16-9(10)3/h7,11,15H,5-6H2,1-4H3. The molecule has 0 aromatic carbocycles. The van der Waals surface area contributed by atoms with Gasteiger partial charge in [-0.1, -0.05) is 6.92 Å². The van der Waals surface area contributed by atoms with Crippen LogP contribution in [0, 0.1) is 13.8 Å². The molecule has 4 heteroatoms. The Hall–Kier alpha value is -0.900. The van der Waals surface area contributed by atoms with Gasteiger partial charge in [0, 0.05) is 5.56 Å². The highest BCUT2D eigenvalue weighted by atomic mass is 19.3. The van der Waals surface area contributed by atoms with E-state index in [0.29, 0.717) is 23.6 Å². The number of furan rings is 1. The van der Waals surface area contributed by atoms with Crippen molar-refractivity contribution in [3.8, 4) is 0 Å². The lowest BCUT2D eigenvalue weighted by molar-refractivity contribution is 0.0376. The summed E-state index contributed by atoms with van der Waals surface area (Å²) in [5, 5.41) is 2.91. The number of aryl methyl sites for hydroxylation is 2. The van der Waals surface area contributed by atoms with Gasteiger partial charge < -0.3 is 9.73 Å². The van der Waals surface area contributed by atoms with Crippen LogP contribution in [0.5, 0.6) is 0 Å². The lowest BCUT2D eigenvalue weighted by Gasteiger charge is -2.29. The summed E-state index contributed by atoms with van der Waals surface area (Å²) < 4.78 is 31.7. The molecule has 0 fully saturated rings. The van der Waals surface area contributed by atoms with Crippen LogP contribution in [0.15, 0.2) is 10.5 Å². The van der Waals surface area contributed by atoms with E-state index in [9.17, 15) is 8.78 Å². The van der Waals surface area contributed by atoms with Gasteiger partial charge in [-0.3, -0.25) is 0 Å². The first-order valence-electron chi connectivity index (χ1n) is 5.52. The maximum Gasteiger partial charge on any atom is 0.260 e. The summed E-state index contributed by atoms with van der Waals surface area (Å²) in [6.07, 6.45) is -1.65. The van der Waals surface area contributed by atoms with Gasteiger partial charge in [0.25, 0.3) is 6.43 Å². The molecule has 1 aromatic heterocycles. The highest BCUT2D eigenvalue weighted by Crippen LogP contribution is 2.32. The van der Waals surface area contributed by atoms with Crippen molar-refractivity contribution in [1.82, 2.24) is 5.32 Å². The zero-order chi connectivity index (χ0) is 12.3. The quantitative estimate of drug-likeness (QED) is 0.840. The van der Waals surface area contributed by atoms with Gasteiger partial charge in [-0.25, -0.2) is 8.78 Å². The molecule has 0 bridgehead atoms. The van der Waals surface area contributed by atoms with Crippen LogP contribution < -0.4 is 5.32 Å². The van der Waals surface area contributed by atoms with Crippen molar-refractivity contribution >= 4 is 0 Å². The SMILES string of the molecule is CCCNC(C)(c1cc(C)oc1C)C(F)F. The summed E-state index contributed by atoms with van der Waals surface area (Å²) in [5.74, 6) is 1.22. The van der Waals surface area contributed by atoms with Gasteiger partial charge in [0.1, 0.15) is 17.1 Å². The molecule has 0 spiro atoms. The second kappa shape index (κ2) is 4.95. The van der Waals surface area contributed by atoms with Crippen LogP contribution in [0.3, 0.4) is 0 Å². The molecule has 1 aromatic rings. The van der Waals surface area contributed by atoms with E-state index in [1.807, 2.05) is 6.92 Å². The molecule has 16 heavy (non-hydrogen) atoms. The predicted octanol–water partition coefficient (Wildman–Crippen LogP) is 3.38. The lowest BCUT2D eigenvalue weighted by atomic mass is 9.92. The molecular formula is C12H19F2NO. The second-order valence-electron chi connectivity index (χ2n) is 4.26. The minimum atomic E-state index is -2.46. The number of hydrogen-bond acceptors (Lipinski definition) is 2. The number of halogens is 2. The van der Waals surface area contributed by atoms with Crippen LogP contribution in [0.4, 0.5) is 8.78 Å². The molecule has 92 valence electrons. The number of alkyl halides is 2.